The Bertz CT molecular complexity index is 418. The summed E-state index contributed by atoms with van der Waals surface area (Å²) in [5.74, 6) is -0.233. The molecule has 0 radical (unpaired) electrons. The van der Waals surface area contributed by atoms with Crippen molar-refractivity contribution >= 4 is 17.5 Å². The van der Waals surface area contributed by atoms with Crippen molar-refractivity contribution < 1.29 is 9.59 Å². The maximum Gasteiger partial charge on any atom is 0.238 e. The van der Waals surface area contributed by atoms with Gasteiger partial charge in [0.25, 0.3) is 0 Å². The van der Waals surface area contributed by atoms with Crippen LogP contribution in [-0.4, -0.2) is 30.3 Å². The van der Waals surface area contributed by atoms with Gasteiger partial charge in [0.15, 0.2) is 0 Å². The summed E-state index contributed by atoms with van der Waals surface area (Å²) in [4.78, 5) is 23.8. The van der Waals surface area contributed by atoms with E-state index < -0.39 is 0 Å². The number of hydrogen-bond acceptors (Lipinski definition) is 3. The molecule has 3 N–H and O–H groups in total. The second-order valence-corrected chi connectivity index (χ2v) is 3.83. The average Bonchev–Trinajstić information content (AvgIpc) is 2.29. The molecule has 0 aliphatic carbocycles. The van der Waals surface area contributed by atoms with E-state index in [2.05, 4.69) is 5.32 Å². The maximum absolute atomic E-state index is 11.1. The number of nitrogens with zero attached hydrogens (tertiary/aromatic N) is 1. The summed E-state index contributed by atoms with van der Waals surface area (Å²) < 4.78 is 0. The highest BCUT2D eigenvalue weighted by atomic mass is 16.2. The minimum absolute atomic E-state index is 0.00129. The topological polar surface area (TPSA) is 75.4 Å². The zero-order valence-corrected chi connectivity index (χ0v) is 10.1. The number of nitrogens with two attached hydrogens (primary N) is 1. The van der Waals surface area contributed by atoms with E-state index in [4.69, 9.17) is 5.73 Å². The number of amides is 2. The quantitative estimate of drug-likeness (QED) is 0.800. The molecule has 1 aromatic carbocycles. The summed E-state index contributed by atoms with van der Waals surface area (Å²) in [5.41, 5.74) is 6.86. The highest BCUT2D eigenvalue weighted by molar-refractivity contribution is 5.92. The maximum atomic E-state index is 11.1. The summed E-state index contributed by atoms with van der Waals surface area (Å²) in [6.07, 6.45) is 0. The van der Waals surface area contributed by atoms with Crippen molar-refractivity contribution in [3.8, 4) is 0 Å². The van der Waals surface area contributed by atoms with Crippen molar-refractivity contribution in [1.29, 1.82) is 0 Å². The molecule has 0 saturated carbocycles. The third-order valence-corrected chi connectivity index (χ3v) is 2.35. The predicted octanol–water partition coefficient (Wildman–Crippen LogP) is 0.562. The third kappa shape index (κ3) is 4.24. The first-order valence-electron chi connectivity index (χ1n) is 5.33. The Morgan fingerprint density at radius 2 is 2.12 bits per heavy atom. The van der Waals surface area contributed by atoms with Gasteiger partial charge in [-0.15, -0.1) is 0 Å². The molecule has 5 heteroatoms. The normalized spacial score (nSPS) is 9.82. The highest BCUT2D eigenvalue weighted by Gasteiger charge is 2.04. The monoisotopic (exact) mass is 235 g/mol. The Kier molecular flexibility index (Phi) is 4.66. The molecule has 0 spiro atoms. The summed E-state index contributed by atoms with van der Waals surface area (Å²) in [7, 11) is 1.73. The summed E-state index contributed by atoms with van der Waals surface area (Å²) >= 11 is 0. The second-order valence-electron chi connectivity index (χ2n) is 3.83. The van der Waals surface area contributed by atoms with Crippen molar-refractivity contribution in [3.63, 3.8) is 0 Å². The first-order chi connectivity index (χ1) is 8.02. The molecule has 2 amide bonds. The second kappa shape index (κ2) is 6.00. The van der Waals surface area contributed by atoms with E-state index in [9.17, 15) is 9.59 Å². The van der Waals surface area contributed by atoms with Crippen LogP contribution in [0.3, 0.4) is 0 Å². The number of nitrogens with one attached hydrogen (secondary N) is 1. The Morgan fingerprint density at radius 1 is 1.41 bits per heavy atom. The van der Waals surface area contributed by atoms with Crippen molar-refractivity contribution in [3.05, 3.63) is 29.8 Å². The molecular weight excluding hydrogens is 218 g/mol. The molecule has 92 valence electrons. The number of rotatable bonds is 4. The lowest BCUT2D eigenvalue weighted by molar-refractivity contribution is -0.128. The molecule has 0 aliphatic rings. The highest BCUT2D eigenvalue weighted by Crippen LogP contribution is 2.12. The zero-order chi connectivity index (χ0) is 12.8. The van der Waals surface area contributed by atoms with Gasteiger partial charge in [0.05, 0.1) is 6.54 Å². The van der Waals surface area contributed by atoms with Gasteiger partial charge in [-0.3, -0.25) is 9.59 Å². The third-order valence-electron chi connectivity index (χ3n) is 2.35. The van der Waals surface area contributed by atoms with Crippen LogP contribution < -0.4 is 11.1 Å². The van der Waals surface area contributed by atoms with Crippen molar-refractivity contribution in [2.24, 2.45) is 5.73 Å². The van der Waals surface area contributed by atoms with E-state index in [0.29, 0.717) is 12.2 Å². The molecule has 0 unspecified atom stereocenters. The lowest BCUT2D eigenvalue weighted by atomic mass is 10.2. The number of carbonyl (C=O) groups excluding carboxylic acids is 2. The molecule has 0 bridgehead atoms. The van der Waals surface area contributed by atoms with Crippen LogP contribution in [0.2, 0.25) is 0 Å². The predicted molar refractivity (Wildman–Crippen MR) is 66.3 cm³/mol. The van der Waals surface area contributed by atoms with E-state index in [-0.39, 0.29) is 18.4 Å². The number of hydrogen-bond donors (Lipinski definition) is 2. The van der Waals surface area contributed by atoms with Gasteiger partial charge in [-0.05, 0) is 17.7 Å². The zero-order valence-electron chi connectivity index (χ0n) is 10.1. The molecule has 0 aliphatic heterocycles. The van der Waals surface area contributed by atoms with Crippen molar-refractivity contribution in [1.82, 2.24) is 4.90 Å². The fraction of sp³-hybridized carbons (Fsp3) is 0.333. The molecule has 5 nitrogen and oxygen atoms in total. The molecule has 0 saturated heterocycles. The minimum atomic E-state index is -0.234. The number of carbonyl (C=O) groups is 2. The molecule has 1 rings (SSSR count). The Morgan fingerprint density at radius 3 is 2.71 bits per heavy atom. The lowest BCUT2D eigenvalue weighted by Crippen LogP contribution is -2.23. The smallest absolute Gasteiger partial charge is 0.238 e. The van der Waals surface area contributed by atoms with Crippen LogP contribution in [0.15, 0.2) is 24.3 Å². The Labute approximate surface area is 101 Å². The van der Waals surface area contributed by atoms with Gasteiger partial charge in [0.1, 0.15) is 0 Å². The van der Waals surface area contributed by atoms with Gasteiger partial charge < -0.3 is 16.0 Å². The van der Waals surface area contributed by atoms with Crippen LogP contribution in [0.1, 0.15) is 12.5 Å². The molecule has 0 aromatic heterocycles. The van der Waals surface area contributed by atoms with Crippen LogP contribution in [0, 0.1) is 0 Å². The molecular formula is C12H17N3O2. The molecule has 1 aromatic rings. The fourth-order valence-corrected chi connectivity index (χ4v) is 1.34. The van der Waals surface area contributed by atoms with Crippen LogP contribution in [0.4, 0.5) is 5.69 Å². The number of anilines is 1. The van der Waals surface area contributed by atoms with E-state index in [1.165, 1.54) is 6.92 Å². The fourth-order valence-electron chi connectivity index (χ4n) is 1.34. The Hall–Kier alpha value is -1.88. The van der Waals surface area contributed by atoms with E-state index in [1.807, 2.05) is 18.2 Å². The van der Waals surface area contributed by atoms with Gasteiger partial charge >= 0.3 is 0 Å². The molecule has 17 heavy (non-hydrogen) atoms. The van der Waals surface area contributed by atoms with Crippen LogP contribution in [-0.2, 0) is 16.1 Å². The molecule has 0 fully saturated rings. The summed E-state index contributed by atoms with van der Waals surface area (Å²) in [5, 5.41) is 2.67. The van der Waals surface area contributed by atoms with E-state index in [1.54, 1.807) is 18.0 Å². The van der Waals surface area contributed by atoms with Gasteiger partial charge in [0.2, 0.25) is 11.8 Å². The summed E-state index contributed by atoms with van der Waals surface area (Å²) in [6, 6.07) is 7.34. The van der Waals surface area contributed by atoms with Crippen molar-refractivity contribution in [2.75, 3.05) is 18.9 Å². The minimum Gasteiger partial charge on any atom is -0.342 e. The first-order valence-corrected chi connectivity index (χ1v) is 5.33. The van der Waals surface area contributed by atoms with Gasteiger partial charge in [0, 0.05) is 26.2 Å². The van der Waals surface area contributed by atoms with E-state index in [0.717, 1.165) is 5.56 Å². The van der Waals surface area contributed by atoms with Crippen LogP contribution in [0.25, 0.3) is 0 Å². The molecule has 0 heterocycles. The first kappa shape index (κ1) is 13.2. The van der Waals surface area contributed by atoms with Gasteiger partial charge in [-0.1, -0.05) is 12.1 Å². The molecule has 0 atom stereocenters. The van der Waals surface area contributed by atoms with Crippen LogP contribution in [0.5, 0.6) is 0 Å². The number of benzene rings is 1. The summed E-state index contributed by atoms with van der Waals surface area (Å²) in [6.45, 7) is 1.99. The van der Waals surface area contributed by atoms with Crippen LogP contribution >= 0.6 is 0 Å². The van der Waals surface area contributed by atoms with Crippen molar-refractivity contribution in [2.45, 2.75) is 13.5 Å². The average molecular weight is 235 g/mol. The SMILES string of the molecule is CC(=O)N(C)Cc1cccc(NC(=O)CN)c1. The van der Waals surface area contributed by atoms with Gasteiger partial charge in [-0.2, -0.15) is 0 Å². The lowest BCUT2D eigenvalue weighted by Gasteiger charge is -2.15. The van der Waals surface area contributed by atoms with E-state index >= 15 is 0 Å². The Balaban J connectivity index is 2.72. The standard InChI is InChI=1S/C12H17N3O2/c1-9(16)15(2)8-10-4-3-5-11(6-10)14-12(17)7-13/h3-6H,7-8,13H2,1-2H3,(H,14,17). The van der Waals surface area contributed by atoms with Gasteiger partial charge in [-0.25, -0.2) is 0 Å². The largest absolute Gasteiger partial charge is 0.342 e.